The second-order valence-corrected chi connectivity index (χ2v) is 3.62. The summed E-state index contributed by atoms with van der Waals surface area (Å²) in [5.74, 6) is -6.60. The zero-order chi connectivity index (χ0) is 15.2. The summed E-state index contributed by atoms with van der Waals surface area (Å²) in [6.45, 7) is -0.947. The van der Waals surface area contributed by atoms with Gasteiger partial charge in [-0.2, -0.15) is 0 Å². The smallest absolute Gasteiger partial charge is 0.336 e. The topological polar surface area (TPSA) is 179 Å². The van der Waals surface area contributed by atoms with Crippen LogP contribution < -0.4 is 0 Å². The lowest BCUT2D eigenvalue weighted by Gasteiger charge is -2.20. The van der Waals surface area contributed by atoms with Gasteiger partial charge in [0.2, 0.25) is 0 Å². The highest BCUT2D eigenvalue weighted by molar-refractivity contribution is 5.88. The monoisotopic (exact) mass is 280 g/mol. The number of carbonyl (C=O) groups is 4. The number of hydrogen-bond acceptors (Lipinski definition) is 7. The fourth-order valence-electron chi connectivity index (χ4n) is 0.997. The average Bonchev–Trinajstić information content (AvgIpc) is 2.24. The van der Waals surface area contributed by atoms with Gasteiger partial charge >= 0.3 is 23.9 Å². The van der Waals surface area contributed by atoms with Crippen LogP contribution in [0.3, 0.4) is 0 Å². The number of carbonyl (C=O) groups excluding carboxylic acids is 1. The lowest BCUT2D eigenvalue weighted by molar-refractivity contribution is -0.173. The fourth-order valence-corrected chi connectivity index (χ4v) is 0.997. The molecule has 0 aliphatic rings. The van der Waals surface area contributed by atoms with Gasteiger partial charge in [0, 0.05) is 0 Å². The second kappa shape index (κ2) is 6.66. The molecule has 19 heavy (non-hydrogen) atoms. The SMILES string of the molecule is O=C(O)CC(O)(CC(=O)OCC(O)C(=O)O)C(=O)O. The van der Waals surface area contributed by atoms with Crippen molar-refractivity contribution in [1.29, 1.82) is 0 Å². The van der Waals surface area contributed by atoms with E-state index >= 15 is 0 Å². The van der Waals surface area contributed by atoms with Crippen LogP contribution in [-0.4, -0.2) is 67.7 Å². The molecule has 2 unspecified atom stereocenters. The van der Waals surface area contributed by atoms with E-state index in [4.69, 9.17) is 20.4 Å². The molecule has 0 saturated carbocycles. The molecule has 0 rings (SSSR count). The molecule has 0 amide bonds. The number of carboxylic acids is 3. The molecule has 0 bridgehead atoms. The Bertz CT molecular complexity index is 388. The lowest BCUT2D eigenvalue weighted by atomic mass is 9.96. The highest BCUT2D eigenvalue weighted by Crippen LogP contribution is 2.17. The van der Waals surface area contributed by atoms with Gasteiger partial charge < -0.3 is 30.3 Å². The highest BCUT2D eigenvalue weighted by Gasteiger charge is 2.41. The minimum absolute atomic E-state index is 0.947. The van der Waals surface area contributed by atoms with Crippen molar-refractivity contribution in [2.75, 3.05) is 6.61 Å². The molecule has 0 heterocycles. The first kappa shape index (κ1) is 16.8. The molecule has 10 nitrogen and oxygen atoms in total. The number of rotatable bonds is 8. The van der Waals surface area contributed by atoms with Crippen molar-refractivity contribution >= 4 is 23.9 Å². The van der Waals surface area contributed by atoms with Gasteiger partial charge in [-0.15, -0.1) is 0 Å². The highest BCUT2D eigenvalue weighted by atomic mass is 16.5. The maximum absolute atomic E-state index is 11.1. The van der Waals surface area contributed by atoms with Gasteiger partial charge in [0.05, 0.1) is 12.8 Å². The van der Waals surface area contributed by atoms with Gasteiger partial charge in [0.1, 0.15) is 6.61 Å². The Hall–Kier alpha value is -2.20. The van der Waals surface area contributed by atoms with Crippen LogP contribution >= 0.6 is 0 Å². The first-order chi connectivity index (χ1) is 8.58. The fraction of sp³-hybridized carbons (Fsp3) is 0.556. The molecule has 0 aromatic carbocycles. The maximum Gasteiger partial charge on any atom is 0.336 e. The summed E-state index contributed by atoms with van der Waals surface area (Å²) in [7, 11) is 0. The predicted octanol–water partition coefficient (Wildman–Crippen LogP) is -2.34. The molecule has 0 spiro atoms. The van der Waals surface area contributed by atoms with E-state index in [1.54, 1.807) is 0 Å². The van der Waals surface area contributed by atoms with Crippen LogP contribution in [0.25, 0.3) is 0 Å². The predicted molar refractivity (Wildman–Crippen MR) is 54.1 cm³/mol. The molecule has 10 heteroatoms. The number of esters is 1. The van der Waals surface area contributed by atoms with Gasteiger partial charge in [-0.05, 0) is 0 Å². The van der Waals surface area contributed by atoms with Crippen LogP contribution in [0.4, 0.5) is 0 Å². The van der Waals surface area contributed by atoms with Crippen LogP contribution in [0.2, 0.25) is 0 Å². The van der Waals surface area contributed by atoms with E-state index in [-0.39, 0.29) is 0 Å². The number of aliphatic hydroxyl groups is 2. The van der Waals surface area contributed by atoms with Crippen LogP contribution in [0, 0.1) is 0 Å². The molecule has 0 radical (unpaired) electrons. The molecule has 5 N–H and O–H groups in total. The summed E-state index contributed by atoms with van der Waals surface area (Å²) in [6, 6.07) is 0. The molecule has 2 atom stereocenters. The van der Waals surface area contributed by atoms with Gasteiger partial charge in [-0.3, -0.25) is 9.59 Å². The first-order valence-corrected chi connectivity index (χ1v) is 4.82. The minimum Gasteiger partial charge on any atom is -0.481 e. The van der Waals surface area contributed by atoms with Crippen LogP contribution in [-0.2, 0) is 23.9 Å². The van der Waals surface area contributed by atoms with E-state index < -0.39 is 55.0 Å². The van der Waals surface area contributed by atoms with Crippen LogP contribution in [0.1, 0.15) is 12.8 Å². The van der Waals surface area contributed by atoms with Crippen molar-refractivity contribution in [3.8, 4) is 0 Å². The number of aliphatic hydroxyl groups excluding tert-OH is 1. The number of aliphatic carboxylic acids is 3. The van der Waals surface area contributed by atoms with E-state index in [2.05, 4.69) is 4.74 Å². The molecule has 0 saturated heterocycles. The van der Waals surface area contributed by atoms with E-state index in [9.17, 15) is 24.3 Å². The Balaban J connectivity index is 4.53. The number of hydrogen-bond donors (Lipinski definition) is 5. The minimum atomic E-state index is -2.86. The van der Waals surface area contributed by atoms with E-state index in [0.29, 0.717) is 0 Å². The molecular formula is C9H12O10. The van der Waals surface area contributed by atoms with E-state index in [0.717, 1.165) is 0 Å². The summed E-state index contributed by atoms with van der Waals surface area (Å²) in [5.41, 5.74) is -2.86. The molecule has 0 fully saturated rings. The normalized spacial score (nSPS) is 15.1. The molecule has 0 aliphatic heterocycles. The Morgan fingerprint density at radius 1 is 1.05 bits per heavy atom. The van der Waals surface area contributed by atoms with Crippen LogP contribution in [0.5, 0.6) is 0 Å². The zero-order valence-corrected chi connectivity index (χ0v) is 9.48. The summed E-state index contributed by atoms with van der Waals surface area (Å²) in [6.07, 6.45) is -4.43. The molecule has 0 aromatic heterocycles. The van der Waals surface area contributed by atoms with Crippen molar-refractivity contribution in [1.82, 2.24) is 0 Å². The van der Waals surface area contributed by atoms with Crippen molar-refractivity contribution in [3.05, 3.63) is 0 Å². The van der Waals surface area contributed by atoms with Gasteiger partial charge in [-0.1, -0.05) is 0 Å². The molecular weight excluding hydrogens is 268 g/mol. The molecule has 0 aromatic rings. The Morgan fingerprint density at radius 3 is 1.95 bits per heavy atom. The van der Waals surface area contributed by atoms with E-state index in [1.165, 1.54) is 0 Å². The quantitative estimate of drug-likeness (QED) is 0.302. The Kier molecular flexibility index (Phi) is 5.89. The number of carboxylic acid groups (broad SMARTS) is 3. The Morgan fingerprint density at radius 2 is 1.58 bits per heavy atom. The summed E-state index contributed by atoms with van der Waals surface area (Å²) < 4.78 is 4.21. The number of ether oxygens (including phenoxy) is 1. The van der Waals surface area contributed by atoms with Crippen LogP contribution in [0.15, 0.2) is 0 Å². The molecule has 0 aliphatic carbocycles. The lowest BCUT2D eigenvalue weighted by Crippen LogP contribution is -2.43. The summed E-state index contributed by atoms with van der Waals surface area (Å²) >= 11 is 0. The third kappa shape index (κ3) is 5.79. The molecule has 108 valence electrons. The maximum atomic E-state index is 11.1. The van der Waals surface area contributed by atoms with Gasteiger partial charge in [0.15, 0.2) is 11.7 Å². The van der Waals surface area contributed by atoms with Gasteiger partial charge in [0.25, 0.3) is 0 Å². The van der Waals surface area contributed by atoms with Crippen molar-refractivity contribution < 1.29 is 49.4 Å². The summed E-state index contributed by atoms with van der Waals surface area (Å²) in [4.78, 5) is 42.4. The largest absolute Gasteiger partial charge is 0.481 e. The van der Waals surface area contributed by atoms with Crippen molar-refractivity contribution in [2.24, 2.45) is 0 Å². The van der Waals surface area contributed by atoms with Crippen molar-refractivity contribution in [2.45, 2.75) is 24.5 Å². The third-order valence-electron chi connectivity index (χ3n) is 1.97. The second-order valence-electron chi connectivity index (χ2n) is 3.62. The first-order valence-electron chi connectivity index (χ1n) is 4.82. The van der Waals surface area contributed by atoms with Gasteiger partial charge in [-0.25, -0.2) is 9.59 Å². The third-order valence-corrected chi connectivity index (χ3v) is 1.97. The standard InChI is InChI=1S/C9H12O10/c10-4(7(14)15)3-19-6(13)2-9(18,8(16)17)1-5(11)12/h4,10,18H,1-3H2,(H,11,12)(H,14,15)(H,16,17). The zero-order valence-electron chi connectivity index (χ0n) is 9.48. The Labute approximate surface area is 105 Å². The van der Waals surface area contributed by atoms with E-state index in [1.807, 2.05) is 0 Å². The van der Waals surface area contributed by atoms with Crippen molar-refractivity contribution in [3.63, 3.8) is 0 Å². The average molecular weight is 280 g/mol. The summed E-state index contributed by atoms with van der Waals surface area (Å²) in [5, 5.41) is 43.5.